The number of allylic oxidation sites excluding steroid dienone is 1. The minimum absolute atomic E-state index is 0.171. The SMILES string of the molecule is CC(C)C/C=C1\SC(=O)N(C)C1=O. The van der Waals surface area contributed by atoms with Gasteiger partial charge in [0.1, 0.15) is 0 Å². The Bertz CT molecular complexity index is 271. The summed E-state index contributed by atoms with van der Waals surface area (Å²) in [5.74, 6) is 0.345. The van der Waals surface area contributed by atoms with Crippen molar-refractivity contribution in [1.82, 2.24) is 4.90 Å². The number of imide groups is 1. The summed E-state index contributed by atoms with van der Waals surface area (Å²) in [6, 6.07) is 0. The van der Waals surface area contributed by atoms with Gasteiger partial charge in [-0.25, -0.2) is 0 Å². The van der Waals surface area contributed by atoms with Gasteiger partial charge in [0.15, 0.2) is 0 Å². The van der Waals surface area contributed by atoms with E-state index in [2.05, 4.69) is 13.8 Å². The zero-order valence-corrected chi connectivity index (χ0v) is 8.85. The van der Waals surface area contributed by atoms with E-state index < -0.39 is 0 Å². The maximum absolute atomic E-state index is 11.3. The maximum Gasteiger partial charge on any atom is 0.293 e. The van der Waals surface area contributed by atoms with Crippen molar-refractivity contribution < 1.29 is 9.59 Å². The smallest absolute Gasteiger partial charge is 0.272 e. The molecule has 1 fully saturated rings. The first-order valence-electron chi connectivity index (χ1n) is 4.22. The lowest BCUT2D eigenvalue weighted by Gasteiger charge is -2.01. The molecule has 0 N–H and O–H groups in total. The molecule has 1 aliphatic rings. The summed E-state index contributed by atoms with van der Waals surface area (Å²) in [5, 5.41) is -0.181. The van der Waals surface area contributed by atoms with E-state index in [1.807, 2.05) is 6.08 Å². The van der Waals surface area contributed by atoms with E-state index in [0.717, 1.165) is 23.1 Å². The number of carbonyl (C=O) groups is 2. The van der Waals surface area contributed by atoms with Crippen LogP contribution in [0.3, 0.4) is 0 Å². The van der Waals surface area contributed by atoms with Crippen LogP contribution in [0.4, 0.5) is 4.79 Å². The standard InChI is InChI=1S/C9H13NO2S/c1-6(2)4-5-7-8(11)10(3)9(12)13-7/h5-6H,4H2,1-3H3/b7-5-. The highest BCUT2D eigenvalue weighted by Crippen LogP contribution is 2.29. The van der Waals surface area contributed by atoms with E-state index in [4.69, 9.17) is 0 Å². The summed E-state index contributed by atoms with van der Waals surface area (Å²) >= 11 is 1.02. The van der Waals surface area contributed by atoms with E-state index in [1.165, 1.54) is 7.05 Å². The predicted octanol–water partition coefficient (Wildman–Crippen LogP) is 2.24. The van der Waals surface area contributed by atoms with Crippen LogP contribution in [0.25, 0.3) is 0 Å². The van der Waals surface area contributed by atoms with Crippen LogP contribution in [-0.4, -0.2) is 23.1 Å². The van der Waals surface area contributed by atoms with E-state index in [0.29, 0.717) is 10.8 Å². The van der Waals surface area contributed by atoms with Crippen LogP contribution in [0.15, 0.2) is 11.0 Å². The third-order valence-electron chi connectivity index (χ3n) is 1.76. The van der Waals surface area contributed by atoms with E-state index >= 15 is 0 Å². The molecule has 0 aromatic heterocycles. The lowest BCUT2D eigenvalue weighted by atomic mass is 10.1. The first-order valence-corrected chi connectivity index (χ1v) is 5.04. The number of hydrogen-bond donors (Lipinski definition) is 0. The first-order chi connectivity index (χ1) is 6.02. The van der Waals surface area contributed by atoms with Gasteiger partial charge in [0.05, 0.1) is 4.91 Å². The second kappa shape index (κ2) is 3.96. The van der Waals surface area contributed by atoms with Crippen LogP contribution in [0, 0.1) is 5.92 Å². The number of hydrogen-bond acceptors (Lipinski definition) is 3. The molecule has 1 rings (SSSR count). The second-order valence-corrected chi connectivity index (χ2v) is 4.42. The molecule has 13 heavy (non-hydrogen) atoms. The van der Waals surface area contributed by atoms with Crippen LogP contribution >= 0.6 is 11.8 Å². The van der Waals surface area contributed by atoms with Gasteiger partial charge in [0.2, 0.25) is 0 Å². The molecule has 1 saturated heterocycles. The van der Waals surface area contributed by atoms with Gasteiger partial charge in [0, 0.05) is 7.05 Å². The quantitative estimate of drug-likeness (QED) is 0.640. The van der Waals surface area contributed by atoms with Crippen LogP contribution < -0.4 is 0 Å². The molecule has 0 spiro atoms. The van der Waals surface area contributed by atoms with Crippen molar-refractivity contribution >= 4 is 22.9 Å². The Hall–Kier alpha value is -0.770. The summed E-state index contributed by atoms with van der Waals surface area (Å²) in [5.41, 5.74) is 0. The van der Waals surface area contributed by atoms with Gasteiger partial charge < -0.3 is 0 Å². The number of rotatable bonds is 2. The average Bonchev–Trinajstić information content (AvgIpc) is 2.29. The fourth-order valence-corrected chi connectivity index (χ4v) is 1.74. The molecule has 0 bridgehead atoms. The minimum atomic E-state index is -0.181. The topological polar surface area (TPSA) is 37.4 Å². The molecule has 4 heteroatoms. The van der Waals surface area contributed by atoms with Gasteiger partial charge in [-0.05, 0) is 24.1 Å². The molecule has 1 aliphatic heterocycles. The first kappa shape index (κ1) is 10.3. The number of nitrogens with zero attached hydrogens (tertiary/aromatic N) is 1. The molecule has 72 valence electrons. The summed E-state index contributed by atoms with van der Waals surface area (Å²) in [6.07, 6.45) is 2.69. The monoisotopic (exact) mass is 199 g/mol. The van der Waals surface area contributed by atoms with Crippen molar-refractivity contribution in [2.75, 3.05) is 7.05 Å². The Labute approximate surface area is 82.2 Å². The number of thioether (sulfide) groups is 1. The lowest BCUT2D eigenvalue weighted by molar-refractivity contribution is -0.121. The van der Waals surface area contributed by atoms with E-state index in [-0.39, 0.29) is 11.1 Å². The molecule has 1 heterocycles. The molecule has 2 amide bonds. The molecule has 0 aromatic carbocycles. The van der Waals surface area contributed by atoms with E-state index in [1.54, 1.807) is 0 Å². The Balaban J connectivity index is 2.68. The van der Waals surface area contributed by atoms with E-state index in [9.17, 15) is 9.59 Å². The third kappa shape index (κ3) is 2.34. The Kier molecular flexibility index (Phi) is 3.14. The van der Waals surface area contributed by atoms with Gasteiger partial charge in [0.25, 0.3) is 11.1 Å². The highest BCUT2D eigenvalue weighted by atomic mass is 32.2. The van der Waals surface area contributed by atoms with Gasteiger partial charge >= 0.3 is 0 Å². The van der Waals surface area contributed by atoms with Crippen LogP contribution in [0.2, 0.25) is 0 Å². The molecule has 3 nitrogen and oxygen atoms in total. The number of likely N-dealkylation sites (N-methyl/N-ethyl adjacent to an activating group) is 1. The summed E-state index contributed by atoms with van der Waals surface area (Å²) in [6.45, 7) is 4.15. The minimum Gasteiger partial charge on any atom is -0.272 e. The Morgan fingerprint density at radius 1 is 1.46 bits per heavy atom. The zero-order chi connectivity index (χ0) is 10.0. The summed E-state index contributed by atoms with van der Waals surface area (Å²) in [4.78, 5) is 24.1. The Morgan fingerprint density at radius 3 is 2.46 bits per heavy atom. The van der Waals surface area contributed by atoms with Crippen LogP contribution in [0.1, 0.15) is 20.3 Å². The zero-order valence-electron chi connectivity index (χ0n) is 8.03. The molecule has 0 atom stereocenters. The van der Waals surface area contributed by atoms with Crippen molar-refractivity contribution in [3.63, 3.8) is 0 Å². The number of carbonyl (C=O) groups excluding carboxylic acids is 2. The predicted molar refractivity (Wildman–Crippen MR) is 53.3 cm³/mol. The fraction of sp³-hybridized carbons (Fsp3) is 0.556. The van der Waals surface area contributed by atoms with Crippen molar-refractivity contribution in [1.29, 1.82) is 0 Å². The van der Waals surface area contributed by atoms with Crippen molar-refractivity contribution in [3.8, 4) is 0 Å². The third-order valence-corrected chi connectivity index (χ3v) is 2.77. The molecular weight excluding hydrogens is 186 g/mol. The molecule has 0 unspecified atom stereocenters. The number of amides is 2. The maximum atomic E-state index is 11.3. The molecule has 0 aromatic rings. The lowest BCUT2D eigenvalue weighted by Crippen LogP contribution is -2.22. The summed E-state index contributed by atoms with van der Waals surface area (Å²) in [7, 11) is 1.51. The fourth-order valence-electron chi connectivity index (χ4n) is 0.926. The van der Waals surface area contributed by atoms with Gasteiger partial charge in [-0.15, -0.1) is 0 Å². The van der Waals surface area contributed by atoms with Crippen molar-refractivity contribution in [3.05, 3.63) is 11.0 Å². The molecule has 0 radical (unpaired) electrons. The van der Waals surface area contributed by atoms with Crippen molar-refractivity contribution in [2.45, 2.75) is 20.3 Å². The van der Waals surface area contributed by atoms with Gasteiger partial charge in [-0.3, -0.25) is 14.5 Å². The van der Waals surface area contributed by atoms with Crippen molar-refractivity contribution in [2.24, 2.45) is 5.92 Å². The van der Waals surface area contributed by atoms with Gasteiger partial charge in [-0.1, -0.05) is 19.9 Å². The highest BCUT2D eigenvalue weighted by Gasteiger charge is 2.31. The normalized spacial score (nSPS) is 20.9. The van der Waals surface area contributed by atoms with Crippen LogP contribution in [-0.2, 0) is 4.79 Å². The van der Waals surface area contributed by atoms with Crippen LogP contribution in [0.5, 0.6) is 0 Å². The second-order valence-electron chi connectivity index (χ2n) is 3.43. The molecule has 0 aliphatic carbocycles. The van der Waals surface area contributed by atoms with Gasteiger partial charge in [-0.2, -0.15) is 0 Å². The Morgan fingerprint density at radius 2 is 2.08 bits per heavy atom. The average molecular weight is 199 g/mol. The largest absolute Gasteiger partial charge is 0.293 e. The molecular formula is C9H13NO2S. The highest BCUT2D eigenvalue weighted by molar-refractivity contribution is 8.18. The molecule has 0 saturated carbocycles. The summed E-state index contributed by atoms with van der Waals surface area (Å²) < 4.78 is 0.